The molecule has 0 aromatic carbocycles. The Kier molecular flexibility index (Phi) is 12.1. The minimum atomic E-state index is -0.762. The molecular formula is C28H43N3O8S. The highest BCUT2D eigenvalue weighted by Gasteiger charge is 2.30. The number of esters is 3. The molecule has 1 N–H and O–H groups in total. The molecule has 2 rings (SSSR count). The molecule has 0 bridgehead atoms. The molecule has 224 valence electrons. The fourth-order valence-corrected chi connectivity index (χ4v) is 4.60. The van der Waals surface area contributed by atoms with Crippen LogP contribution in [0.15, 0.2) is 17.1 Å². The molecule has 0 aliphatic rings. The number of carbonyl (C=O) groups excluding carboxylic acids is 3. The summed E-state index contributed by atoms with van der Waals surface area (Å²) in [6.07, 6.45) is 2.33. The lowest BCUT2D eigenvalue weighted by Gasteiger charge is -2.25. The van der Waals surface area contributed by atoms with Gasteiger partial charge in [0.25, 0.3) is 5.56 Å². The summed E-state index contributed by atoms with van der Waals surface area (Å²) in [6.45, 7) is 15.1. The molecule has 0 fully saturated rings. The molecule has 2 heterocycles. The first kappa shape index (κ1) is 33.2. The zero-order valence-electron chi connectivity index (χ0n) is 24.8. The van der Waals surface area contributed by atoms with E-state index in [9.17, 15) is 19.2 Å². The highest BCUT2D eigenvalue weighted by Crippen LogP contribution is 2.25. The van der Waals surface area contributed by atoms with E-state index >= 15 is 0 Å². The summed E-state index contributed by atoms with van der Waals surface area (Å²) in [5.74, 6) is -3.18. The zero-order chi connectivity index (χ0) is 30.2. The van der Waals surface area contributed by atoms with E-state index in [1.807, 2.05) is 34.6 Å². The third kappa shape index (κ3) is 9.88. The SMILES string of the molecule is CC(=O)OCC(COC(=O)C(C)CC(C)(C)C)C(C)C(=O)OCn1ccc2c1c(=O)[nH]c(=S)n2CCOC(C)C. The monoisotopic (exact) mass is 581 g/mol. The van der Waals surface area contributed by atoms with Crippen molar-refractivity contribution >= 4 is 41.2 Å². The van der Waals surface area contributed by atoms with Crippen LogP contribution >= 0.6 is 12.2 Å². The summed E-state index contributed by atoms with van der Waals surface area (Å²) in [6, 6.07) is 1.73. The molecule has 3 unspecified atom stereocenters. The van der Waals surface area contributed by atoms with Gasteiger partial charge in [-0.2, -0.15) is 0 Å². The normalized spacial score (nSPS) is 14.1. The van der Waals surface area contributed by atoms with E-state index in [2.05, 4.69) is 4.98 Å². The lowest BCUT2D eigenvalue weighted by molar-refractivity contribution is -0.162. The molecule has 0 spiro atoms. The van der Waals surface area contributed by atoms with Gasteiger partial charge in [-0.05, 0) is 44.0 Å². The second kappa shape index (κ2) is 14.6. The van der Waals surface area contributed by atoms with Gasteiger partial charge < -0.3 is 28.1 Å². The number of rotatable bonds is 14. The predicted molar refractivity (Wildman–Crippen MR) is 152 cm³/mol. The average Bonchev–Trinajstić information content (AvgIpc) is 3.27. The molecule has 40 heavy (non-hydrogen) atoms. The number of hydrogen-bond acceptors (Lipinski definition) is 9. The molecule has 2 aromatic heterocycles. The fraction of sp³-hybridized carbons (Fsp3) is 0.679. The van der Waals surface area contributed by atoms with Crippen LogP contribution in [0.5, 0.6) is 0 Å². The first-order valence-corrected chi connectivity index (χ1v) is 13.9. The zero-order valence-corrected chi connectivity index (χ0v) is 25.6. The van der Waals surface area contributed by atoms with Crippen molar-refractivity contribution in [1.82, 2.24) is 14.1 Å². The van der Waals surface area contributed by atoms with Gasteiger partial charge in [-0.15, -0.1) is 0 Å². The summed E-state index contributed by atoms with van der Waals surface area (Å²) in [5, 5.41) is 0. The maximum absolute atomic E-state index is 13.0. The van der Waals surface area contributed by atoms with Gasteiger partial charge in [0.1, 0.15) is 5.52 Å². The Morgan fingerprint density at radius 3 is 2.27 bits per heavy atom. The van der Waals surface area contributed by atoms with Crippen LogP contribution in [0.2, 0.25) is 0 Å². The Bertz CT molecular complexity index is 1290. The summed E-state index contributed by atoms with van der Waals surface area (Å²) in [4.78, 5) is 52.4. The summed E-state index contributed by atoms with van der Waals surface area (Å²) < 4.78 is 25.3. The molecule has 12 heteroatoms. The van der Waals surface area contributed by atoms with Crippen molar-refractivity contribution < 1.29 is 33.3 Å². The predicted octanol–water partition coefficient (Wildman–Crippen LogP) is 4.22. The number of nitrogens with one attached hydrogen (secondary N) is 1. The molecule has 0 aliphatic carbocycles. The van der Waals surface area contributed by atoms with Crippen molar-refractivity contribution in [2.45, 2.75) is 81.2 Å². The van der Waals surface area contributed by atoms with Crippen LogP contribution < -0.4 is 5.56 Å². The molecule has 0 aliphatic heterocycles. The van der Waals surface area contributed by atoms with Gasteiger partial charge in [-0.25, -0.2) is 0 Å². The topological polar surface area (TPSA) is 131 Å². The van der Waals surface area contributed by atoms with E-state index < -0.39 is 29.3 Å². The number of aromatic nitrogens is 3. The molecule has 0 amide bonds. The molecule has 3 atom stereocenters. The van der Waals surface area contributed by atoms with Crippen LogP contribution in [0, 0.1) is 27.9 Å². The summed E-state index contributed by atoms with van der Waals surface area (Å²) in [7, 11) is 0. The van der Waals surface area contributed by atoms with Crippen LogP contribution in [0.1, 0.15) is 61.8 Å². The van der Waals surface area contributed by atoms with E-state index in [-0.39, 0.29) is 48.1 Å². The third-order valence-corrected chi connectivity index (χ3v) is 6.69. The van der Waals surface area contributed by atoms with Crippen LogP contribution in [0.25, 0.3) is 11.0 Å². The molecule has 0 saturated heterocycles. The van der Waals surface area contributed by atoms with E-state index in [4.69, 9.17) is 31.2 Å². The van der Waals surface area contributed by atoms with Crippen LogP contribution in [-0.2, 0) is 46.6 Å². The lowest BCUT2D eigenvalue weighted by atomic mass is 9.85. The molecule has 2 aromatic rings. The Morgan fingerprint density at radius 1 is 1.02 bits per heavy atom. The standard InChI is InChI=1S/C28H43N3O8S/c1-17(2)36-12-11-31-22-9-10-30(23(22)24(33)29-27(31)40)16-39-26(35)19(4)21(14-37-20(5)32)15-38-25(34)18(3)13-28(6,7)8/h9-10,17-19,21H,11-16H2,1-8H3,(H,29,33,40). The molecular weight excluding hydrogens is 538 g/mol. The van der Waals surface area contributed by atoms with Gasteiger partial charge in [-0.3, -0.25) is 24.2 Å². The smallest absolute Gasteiger partial charge is 0.310 e. The maximum atomic E-state index is 13.0. The van der Waals surface area contributed by atoms with Gasteiger partial charge in [-0.1, -0.05) is 34.6 Å². The van der Waals surface area contributed by atoms with Crippen molar-refractivity contribution in [1.29, 1.82) is 0 Å². The van der Waals surface area contributed by atoms with Crippen LogP contribution in [-0.4, -0.2) is 58.0 Å². The number of nitrogens with zero attached hydrogens (tertiary/aromatic N) is 2. The lowest BCUT2D eigenvalue weighted by Crippen LogP contribution is -2.33. The molecule has 0 radical (unpaired) electrons. The highest BCUT2D eigenvalue weighted by atomic mass is 32.1. The third-order valence-electron chi connectivity index (χ3n) is 6.37. The highest BCUT2D eigenvalue weighted by molar-refractivity contribution is 7.71. The molecule has 11 nitrogen and oxygen atoms in total. The quantitative estimate of drug-likeness (QED) is 0.198. The number of carbonyl (C=O) groups is 3. The Labute approximate surface area is 240 Å². The number of hydrogen-bond donors (Lipinski definition) is 1. The number of ether oxygens (including phenoxy) is 4. The number of aromatic amines is 1. The van der Waals surface area contributed by atoms with Gasteiger partial charge in [0.15, 0.2) is 11.5 Å². The van der Waals surface area contributed by atoms with Crippen LogP contribution in [0.4, 0.5) is 0 Å². The van der Waals surface area contributed by atoms with Crippen LogP contribution in [0.3, 0.4) is 0 Å². The number of H-pyrrole nitrogens is 1. The summed E-state index contributed by atoms with van der Waals surface area (Å²) >= 11 is 5.34. The largest absolute Gasteiger partial charge is 0.465 e. The van der Waals surface area contributed by atoms with Crippen molar-refractivity contribution in [3.8, 4) is 0 Å². The van der Waals surface area contributed by atoms with Crippen molar-refractivity contribution in [2.75, 3.05) is 19.8 Å². The first-order chi connectivity index (χ1) is 18.6. The van der Waals surface area contributed by atoms with E-state index in [1.54, 1.807) is 30.7 Å². The minimum absolute atomic E-state index is 0.0506. The average molecular weight is 582 g/mol. The van der Waals surface area contributed by atoms with E-state index in [0.29, 0.717) is 30.6 Å². The van der Waals surface area contributed by atoms with Gasteiger partial charge in [0.2, 0.25) is 0 Å². The van der Waals surface area contributed by atoms with E-state index in [1.165, 1.54) is 11.5 Å². The molecule has 0 saturated carbocycles. The van der Waals surface area contributed by atoms with Gasteiger partial charge >= 0.3 is 17.9 Å². The fourth-order valence-electron chi connectivity index (χ4n) is 4.32. The van der Waals surface area contributed by atoms with Crippen molar-refractivity contribution in [3.05, 3.63) is 27.4 Å². The van der Waals surface area contributed by atoms with E-state index in [0.717, 1.165) is 0 Å². The van der Waals surface area contributed by atoms with Gasteiger partial charge in [0.05, 0.1) is 43.3 Å². The number of fused-ring (bicyclic) bond motifs is 1. The Hall–Kier alpha value is -2.99. The van der Waals surface area contributed by atoms with Gasteiger partial charge in [0, 0.05) is 25.6 Å². The second-order valence-electron chi connectivity index (χ2n) is 11.6. The van der Waals surface area contributed by atoms with Crippen molar-refractivity contribution in [3.63, 3.8) is 0 Å². The first-order valence-electron chi connectivity index (χ1n) is 13.5. The Balaban J connectivity index is 2.12. The summed E-state index contributed by atoms with van der Waals surface area (Å²) in [5.41, 5.74) is 0.440. The second-order valence-corrected chi connectivity index (χ2v) is 12.0. The Morgan fingerprint density at radius 2 is 1.68 bits per heavy atom. The minimum Gasteiger partial charge on any atom is -0.465 e. The van der Waals surface area contributed by atoms with Crippen molar-refractivity contribution in [2.24, 2.45) is 23.2 Å². The maximum Gasteiger partial charge on any atom is 0.310 e.